The molecule has 1 unspecified atom stereocenters. The normalized spacial score (nSPS) is 14.1. The monoisotopic (exact) mass is 153 g/mol. The van der Waals surface area contributed by atoms with Gasteiger partial charge in [0.25, 0.3) is 0 Å². The molecule has 0 saturated heterocycles. The Morgan fingerprint density at radius 1 is 1.45 bits per heavy atom. The summed E-state index contributed by atoms with van der Waals surface area (Å²) in [6.45, 7) is 3.48. The molecule has 1 N–H and O–H groups in total. The van der Waals surface area contributed by atoms with Gasteiger partial charge in [-0.25, -0.2) is 0 Å². The van der Waals surface area contributed by atoms with Gasteiger partial charge in [-0.05, 0) is 19.2 Å². The highest BCUT2D eigenvalue weighted by Crippen LogP contribution is 1.97. The topological polar surface area (TPSA) is 29.1 Å². The maximum Gasteiger partial charge on any atom is 0.136 e. The predicted octanol–water partition coefficient (Wildman–Crippen LogP) is 1.50. The van der Waals surface area contributed by atoms with Gasteiger partial charge in [0.05, 0.1) is 0 Å². The Morgan fingerprint density at radius 2 is 2.09 bits per heavy atom. The predicted molar refractivity (Wildman–Crippen MR) is 47.2 cm³/mol. The Bertz CT molecular complexity index is 170. The summed E-state index contributed by atoms with van der Waals surface area (Å²) in [6, 6.07) is 0. The average Bonchev–Trinajstić information content (AvgIpc) is 1.97. The van der Waals surface area contributed by atoms with Crippen molar-refractivity contribution in [3.05, 3.63) is 24.4 Å². The minimum Gasteiger partial charge on any atom is -0.394 e. The van der Waals surface area contributed by atoms with Gasteiger partial charge >= 0.3 is 0 Å². The van der Waals surface area contributed by atoms with Crippen LogP contribution in [0.4, 0.5) is 0 Å². The molecule has 0 rings (SSSR count). The summed E-state index contributed by atoms with van der Waals surface area (Å²) >= 11 is 0. The van der Waals surface area contributed by atoms with E-state index in [1.807, 2.05) is 38.4 Å². The number of allylic oxidation sites excluding steroid dienone is 3. The van der Waals surface area contributed by atoms with Crippen LogP contribution < -0.4 is 5.32 Å². The lowest BCUT2D eigenvalue weighted by molar-refractivity contribution is -0.118. The zero-order valence-corrected chi connectivity index (χ0v) is 7.29. The number of carbonyl (C=O) groups is 1. The second-order valence-corrected chi connectivity index (χ2v) is 2.43. The smallest absolute Gasteiger partial charge is 0.136 e. The van der Waals surface area contributed by atoms with Gasteiger partial charge < -0.3 is 5.32 Å². The standard InChI is InChI=1S/C9H15NO/c1-8(9(2)11)6-4-5-7-10-3/h4-8,10H,1-3H3/b6-4-,7-5?. The fourth-order valence-corrected chi connectivity index (χ4v) is 0.518. The largest absolute Gasteiger partial charge is 0.394 e. The Morgan fingerprint density at radius 3 is 2.55 bits per heavy atom. The maximum atomic E-state index is 10.7. The van der Waals surface area contributed by atoms with Crippen molar-refractivity contribution in [1.29, 1.82) is 0 Å². The van der Waals surface area contributed by atoms with Gasteiger partial charge in [-0.3, -0.25) is 4.79 Å². The molecule has 0 fully saturated rings. The zero-order valence-electron chi connectivity index (χ0n) is 7.29. The summed E-state index contributed by atoms with van der Waals surface area (Å²) in [5.74, 6) is 0.218. The third-order valence-electron chi connectivity index (χ3n) is 1.42. The van der Waals surface area contributed by atoms with Gasteiger partial charge in [-0.2, -0.15) is 0 Å². The molecular formula is C9H15NO. The SMILES string of the molecule is CNC=C/C=C\C(C)C(C)=O. The third kappa shape index (κ3) is 5.40. The van der Waals surface area contributed by atoms with Gasteiger partial charge in [0.1, 0.15) is 5.78 Å². The van der Waals surface area contributed by atoms with Crippen LogP contribution in [0.3, 0.4) is 0 Å². The number of ketones is 1. The van der Waals surface area contributed by atoms with E-state index in [9.17, 15) is 4.79 Å². The minimum atomic E-state index is 0.0245. The van der Waals surface area contributed by atoms with E-state index >= 15 is 0 Å². The number of carbonyl (C=O) groups excluding carboxylic acids is 1. The molecule has 0 aromatic heterocycles. The molecule has 0 aliphatic rings. The van der Waals surface area contributed by atoms with Gasteiger partial charge in [0.2, 0.25) is 0 Å². The van der Waals surface area contributed by atoms with E-state index in [4.69, 9.17) is 0 Å². The molecule has 2 nitrogen and oxygen atoms in total. The van der Waals surface area contributed by atoms with Crippen molar-refractivity contribution in [2.75, 3.05) is 7.05 Å². The first-order valence-electron chi connectivity index (χ1n) is 3.69. The number of hydrogen-bond donors (Lipinski definition) is 1. The highest BCUT2D eigenvalue weighted by molar-refractivity contribution is 5.79. The molecule has 0 bridgehead atoms. The first-order valence-corrected chi connectivity index (χ1v) is 3.69. The number of rotatable bonds is 4. The van der Waals surface area contributed by atoms with Crippen LogP contribution in [0.1, 0.15) is 13.8 Å². The minimum absolute atomic E-state index is 0.0245. The molecule has 0 saturated carbocycles. The van der Waals surface area contributed by atoms with Gasteiger partial charge in [-0.15, -0.1) is 0 Å². The summed E-state index contributed by atoms with van der Waals surface area (Å²) < 4.78 is 0. The quantitative estimate of drug-likeness (QED) is 0.620. The van der Waals surface area contributed by atoms with Gasteiger partial charge in [-0.1, -0.05) is 19.1 Å². The van der Waals surface area contributed by atoms with Crippen LogP contribution in [0.25, 0.3) is 0 Å². The number of hydrogen-bond acceptors (Lipinski definition) is 2. The Labute approximate surface area is 68.0 Å². The summed E-state index contributed by atoms with van der Waals surface area (Å²) in [4.78, 5) is 10.7. The molecule has 0 aliphatic carbocycles. The number of nitrogens with one attached hydrogen (secondary N) is 1. The molecule has 11 heavy (non-hydrogen) atoms. The fourth-order valence-electron chi connectivity index (χ4n) is 0.518. The van der Waals surface area contributed by atoms with Crippen molar-refractivity contribution in [3.8, 4) is 0 Å². The maximum absolute atomic E-state index is 10.7. The molecule has 1 atom stereocenters. The van der Waals surface area contributed by atoms with Crippen LogP contribution in [0.5, 0.6) is 0 Å². The van der Waals surface area contributed by atoms with Crippen LogP contribution in [0, 0.1) is 5.92 Å². The summed E-state index contributed by atoms with van der Waals surface area (Å²) in [5, 5.41) is 2.85. The summed E-state index contributed by atoms with van der Waals surface area (Å²) in [5.41, 5.74) is 0. The molecule has 0 amide bonds. The molecular weight excluding hydrogens is 138 g/mol. The lowest BCUT2D eigenvalue weighted by Crippen LogP contribution is -2.01. The van der Waals surface area contributed by atoms with Crippen molar-refractivity contribution in [2.45, 2.75) is 13.8 Å². The first-order chi connectivity index (χ1) is 5.18. The van der Waals surface area contributed by atoms with Gasteiger partial charge in [0.15, 0.2) is 0 Å². The molecule has 0 aromatic rings. The van der Waals surface area contributed by atoms with E-state index in [0.717, 1.165) is 0 Å². The van der Waals surface area contributed by atoms with E-state index in [1.54, 1.807) is 6.92 Å². The molecule has 0 spiro atoms. The second-order valence-electron chi connectivity index (χ2n) is 2.43. The van der Waals surface area contributed by atoms with Gasteiger partial charge in [0, 0.05) is 13.0 Å². The highest BCUT2D eigenvalue weighted by atomic mass is 16.1. The molecule has 0 aromatic carbocycles. The Kier molecular flexibility index (Phi) is 5.17. The fraction of sp³-hybridized carbons (Fsp3) is 0.444. The lowest BCUT2D eigenvalue weighted by Gasteiger charge is -1.96. The van der Waals surface area contributed by atoms with Crippen molar-refractivity contribution < 1.29 is 4.79 Å². The van der Waals surface area contributed by atoms with E-state index < -0.39 is 0 Å². The molecule has 0 heterocycles. The van der Waals surface area contributed by atoms with E-state index in [2.05, 4.69) is 5.32 Å². The summed E-state index contributed by atoms with van der Waals surface area (Å²) in [7, 11) is 1.83. The summed E-state index contributed by atoms with van der Waals surface area (Å²) in [6.07, 6.45) is 7.40. The van der Waals surface area contributed by atoms with Crippen LogP contribution >= 0.6 is 0 Å². The van der Waals surface area contributed by atoms with E-state index in [0.29, 0.717) is 0 Å². The van der Waals surface area contributed by atoms with Crippen LogP contribution in [-0.4, -0.2) is 12.8 Å². The van der Waals surface area contributed by atoms with Crippen LogP contribution in [-0.2, 0) is 4.79 Å². The second kappa shape index (κ2) is 5.71. The Hall–Kier alpha value is -1.05. The first kappa shape index (κ1) is 9.95. The molecule has 2 heteroatoms. The molecule has 0 radical (unpaired) electrons. The van der Waals surface area contributed by atoms with Crippen molar-refractivity contribution >= 4 is 5.78 Å². The van der Waals surface area contributed by atoms with Crippen LogP contribution in [0.15, 0.2) is 24.4 Å². The van der Waals surface area contributed by atoms with Crippen molar-refractivity contribution in [1.82, 2.24) is 5.32 Å². The van der Waals surface area contributed by atoms with E-state index in [-0.39, 0.29) is 11.7 Å². The molecule has 62 valence electrons. The molecule has 0 aliphatic heterocycles. The van der Waals surface area contributed by atoms with Crippen molar-refractivity contribution in [2.24, 2.45) is 5.92 Å². The third-order valence-corrected chi connectivity index (χ3v) is 1.42. The number of Topliss-reactive ketones (excluding diaryl/α,β-unsaturated/α-hetero) is 1. The zero-order chi connectivity index (χ0) is 8.69. The lowest BCUT2D eigenvalue weighted by atomic mass is 10.1. The van der Waals surface area contributed by atoms with E-state index in [1.165, 1.54) is 0 Å². The Balaban J connectivity index is 3.74. The average molecular weight is 153 g/mol. The van der Waals surface area contributed by atoms with Crippen LogP contribution in [0.2, 0.25) is 0 Å². The highest BCUT2D eigenvalue weighted by Gasteiger charge is 1.99. The van der Waals surface area contributed by atoms with Crippen molar-refractivity contribution in [3.63, 3.8) is 0 Å².